The number of carbonyl (C=O) groups is 2. The summed E-state index contributed by atoms with van der Waals surface area (Å²) in [7, 11) is 1.49. The van der Waals surface area contributed by atoms with E-state index in [1.54, 1.807) is 6.92 Å². The van der Waals surface area contributed by atoms with Gasteiger partial charge in [-0.15, -0.1) is 0 Å². The molecular weight excluding hydrogens is 244 g/mol. The number of rotatable bonds is 4. The topological polar surface area (TPSA) is 46.6 Å². The molecule has 1 aliphatic rings. The number of ether oxygens (including phenoxy) is 1. The van der Waals surface area contributed by atoms with Crippen LogP contribution in [0, 0.1) is 5.92 Å². The summed E-state index contributed by atoms with van der Waals surface area (Å²) in [6.45, 7) is 1.82. The summed E-state index contributed by atoms with van der Waals surface area (Å²) in [6.07, 6.45) is -0.148. The van der Waals surface area contributed by atoms with Crippen molar-refractivity contribution in [3.8, 4) is 0 Å². The van der Waals surface area contributed by atoms with Crippen LogP contribution < -0.4 is 0 Å². The Bertz CT molecular complexity index is 310. The maximum Gasteiger partial charge on any atom is 0.325 e. The molecule has 18 heavy (non-hydrogen) atoms. The molecule has 1 rings (SSSR count). The SMILES string of the molecule is CCOC(=O)CN(C)C(=O)C1CCC(F)(F)CC1. The number of amides is 1. The van der Waals surface area contributed by atoms with Gasteiger partial charge in [0.1, 0.15) is 6.54 Å². The van der Waals surface area contributed by atoms with Gasteiger partial charge < -0.3 is 9.64 Å². The van der Waals surface area contributed by atoms with Gasteiger partial charge in [-0.3, -0.25) is 9.59 Å². The average molecular weight is 263 g/mol. The summed E-state index contributed by atoms with van der Waals surface area (Å²) in [5.74, 6) is -3.77. The summed E-state index contributed by atoms with van der Waals surface area (Å²) in [6, 6.07) is 0. The van der Waals surface area contributed by atoms with E-state index < -0.39 is 17.8 Å². The third-order valence-corrected chi connectivity index (χ3v) is 3.11. The van der Waals surface area contributed by atoms with E-state index in [2.05, 4.69) is 0 Å². The van der Waals surface area contributed by atoms with Crippen molar-refractivity contribution < 1.29 is 23.1 Å². The molecule has 0 spiro atoms. The second-order valence-corrected chi connectivity index (χ2v) is 4.63. The first-order chi connectivity index (χ1) is 8.35. The van der Waals surface area contributed by atoms with Crippen molar-refractivity contribution in [2.45, 2.75) is 38.5 Å². The predicted molar refractivity (Wildman–Crippen MR) is 61.2 cm³/mol. The molecule has 1 aliphatic carbocycles. The largest absolute Gasteiger partial charge is 0.465 e. The fourth-order valence-corrected chi connectivity index (χ4v) is 2.08. The van der Waals surface area contributed by atoms with Gasteiger partial charge in [0.25, 0.3) is 0 Å². The molecule has 1 amide bonds. The Labute approximate surface area is 105 Å². The Balaban J connectivity index is 2.42. The van der Waals surface area contributed by atoms with Crippen molar-refractivity contribution in [3.05, 3.63) is 0 Å². The summed E-state index contributed by atoms with van der Waals surface area (Å²) in [5, 5.41) is 0. The molecule has 104 valence electrons. The zero-order valence-electron chi connectivity index (χ0n) is 10.7. The quantitative estimate of drug-likeness (QED) is 0.727. The summed E-state index contributed by atoms with van der Waals surface area (Å²) < 4.78 is 30.6. The van der Waals surface area contributed by atoms with Gasteiger partial charge in [-0.1, -0.05) is 0 Å². The Morgan fingerprint density at radius 2 is 1.89 bits per heavy atom. The third-order valence-electron chi connectivity index (χ3n) is 3.11. The molecule has 0 aromatic carbocycles. The molecule has 0 unspecified atom stereocenters. The van der Waals surface area contributed by atoms with E-state index >= 15 is 0 Å². The smallest absolute Gasteiger partial charge is 0.325 e. The summed E-state index contributed by atoms with van der Waals surface area (Å²) in [4.78, 5) is 24.4. The number of esters is 1. The Morgan fingerprint density at radius 1 is 1.33 bits per heavy atom. The van der Waals surface area contributed by atoms with Crippen molar-refractivity contribution in [2.24, 2.45) is 5.92 Å². The zero-order valence-corrected chi connectivity index (χ0v) is 10.7. The molecule has 0 radical (unpaired) electrons. The standard InChI is InChI=1S/C12H19F2NO3/c1-3-18-10(16)8-15(2)11(17)9-4-6-12(13,14)7-5-9/h9H,3-8H2,1-2H3. The minimum atomic E-state index is -2.64. The van der Waals surface area contributed by atoms with E-state index in [0.717, 1.165) is 0 Å². The second-order valence-electron chi connectivity index (χ2n) is 4.63. The van der Waals surface area contributed by atoms with E-state index in [9.17, 15) is 18.4 Å². The van der Waals surface area contributed by atoms with Crippen molar-refractivity contribution >= 4 is 11.9 Å². The highest BCUT2D eigenvalue weighted by molar-refractivity contribution is 5.83. The molecule has 4 nitrogen and oxygen atoms in total. The van der Waals surface area contributed by atoms with Crippen LogP contribution in [0.25, 0.3) is 0 Å². The summed E-state index contributed by atoms with van der Waals surface area (Å²) >= 11 is 0. The second kappa shape index (κ2) is 6.11. The molecule has 1 fully saturated rings. The number of alkyl halides is 2. The highest BCUT2D eigenvalue weighted by Crippen LogP contribution is 2.36. The Morgan fingerprint density at radius 3 is 2.39 bits per heavy atom. The van der Waals surface area contributed by atoms with Crippen molar-refractivity contribution in [1.29, 1.82) is 0 Å². The predicted octanol–water partition coefficient (Wildman–Crippen LogP) is 1.83. The van der Waals surface area contributed by atoms with Gasteiger partial charge in [0, 0.05) is 25.8 Å². The van der Waals surface area contributed by atoms with Crippen LogP contribution in [-0.2, 0) is 14.3 Å². The lowest BCUT2D eigenvalue weighted by Crippen LogP contribution is -2.40. The van der Waals surface area contributed by atoms with Gasteiger partial charge >= 0.3 is 5.97 Å². The molecule has 0 aromatic heterocycles. The fourth-order valence-electron chi connectivity index (χ4n) is 2.08. The van der Waals surface area contributed by atoms with Gasteiger partial charge in [-0.05, 0) is 19.8 Å². The lowest BCUT2D eigenvalue weighted by Gasteiger charge is -2.29. The minimum absolute atomic E-state index is 0.125. The van der Waals surface area contributed by atoms with E-state index in [4.69, 9.17) is 4.74 Å². The molecule has 0 N–H and O–H groups in total. The minimum Gasteiger partial charge on any atom is -0.465 e. The lowest BCUT2D eigenvalue weighted by atomic mass is 9.86. The van der Waals surface area contributed by atoms with E-state index in [0.29, 0.717) is 0 Å². The molecule has 0 atom stereocenters. The highest BCUT2D eigenvalue weighted by Gasteiger charge is 2.38. The van der Waals surface area contributed by atoms with E-state index in [1.165, 1.54) is 11.9 Å². The number of nitrogens with zero attached hydrogens (tertiary/aromatic N) is 1. The van der Waals surface area contributed by atoms with Crippen LogP contribution in [0.15, 0.2) is 0 Å². The first-order valence-corrected chi connectivity index (χ1v) is 6.14. The lowest BCUT2D eigenvalue weighted by molar-refractivity contribution is -0.150. The molecule has 1 saturated carbocycles. The summed E-state index contributed by atoms with van der Waals surface area (Å²) in [5.41, 5.74) is 0. The molecule has 0 saturated heterocycles. The van der Waals surface area contributed by atoms with Gasteiger partial charge in [0.2, 0.25) is 11.8 Å². The van der Waals surface area contributed by atoms with Crippen molar-refractivity contribution in [2.75, 3.05) is 20.2 Å². The van der Waals surface area contributed by atoms with Gasteiger partial charge in [-0.25, -0.2) is 8.78 Å². The molecule has 6 heteroatoms. The van der Waals surface area contributed by atoms with Crippen LogP contribution >= 0.6 is 0 Å². The maximum atomic E-state index is 13.0. The number of carbonyl (C=O) groups excluding carboxylic acids is 2. The van der Waals surface area contributed by atoms with Crippen LogP contribution in [0.3, 0.4) is 0 Å². The van der Waals surface area contributed by atoms with E-state index in [1.807, 2.05) is 0 Å². The number of hydrogen-bond acceptors (Lipinski definition) is 3. The number of hydrogen-bond donors (Lipinski definition) is 0. The number of likely N-dealkylation sites (N-methyl/N-ethyl adjacent to an activating group) is 1. The molecule has 0 bridgehead atoms. The van der Waals surface area contributed by atoms with Gasteiger partial charge in [-0.2, -0.15) is 0 Å². The van der Waals surface area contributed by atoms with Crippen molar-refractivity contribution in [1.82, 2.24) is 4.90 Å². The molecule has 0 heterocycles. The average Bonchev–Trinajstić information content (AvgIpc) is 2.28. The first-order valence-electron chi connectivity index (χ1n) is 6.14. The van der Waals surface area contributed by atoms with Crippen LogP contribution in [0.1, 0.15) is 32.6 Å². The third kappa shape index (κ3) is 4.23. The first kappa shape index (κ1) is 14.9. The highest BCUT2D eigenvalue weighted by atomic mass is 19.3. The van der Waals surface area contributed by atoms with Gasteiger partial charge in [0.15, 0.2) is 0 Å². The molecular formula is C12H19F2NO3. The van der Waals surface area contributed by atoms with E-state index in [-0.39, 0.29) is 44.7 Å². The van der Waals surface area contributed by atoms with Crippen LogP contribution in [0.5, 0.6) is 0 Å². The molecule has 0 aromatic rings. The monoisotopic (exact) mass is 263 g/mol. The van der Waals surface area contributed by atoms with Crippen LogP contribution in [0.2, 0.25) is 0 Å². The Hall–Kier alpha value is -1.20. The zero-order chi connectivity index (χ0) is 13.8. The number of halogens is 2. The Kier molecular flexibility index (Phi) is 5.04. The molecule has 0 aliphatic heterocycles. The fraction of sp³-hybridized carbons (Fsp3) is 0.833. The maximum absolute atomic E-state index is 13.0. The van der Waals surface area contributed by atoms with Crippen LogP contribution in [0.4, 0.5) is 8.78 Å². The van der Waals surface area contributed by atoms with Crippen molar-refractivity contribution in [3.63, 3.8) is 0 Å². The van der Waals surface area contributed by atoms with Crippen LogP contribution in [-0.4, -0.2) is 42.9 Å². The van der Waals surface area contributed by atoms with Gasteiger partial charge in [0.05, 0.1) is 6.61 Å². The normalized spacial score (nSPS) is 19.3.